The highest BCUT2D eigenvalue weighted by atomic mass is 35.5. The molecule has 1 fully saturated rings. The van der Waals surface area contributed by atoms with E-state index in [4.69, 9.17) is 11.6 Å². The van der Waals surface area contributed by atoms with Crippen molar-refractivity contribution in [3.8, 4) is 0 Å². The molecule has 1 aliphatic carbocycles. The van der Waals surface area contributed by atoms with Crippen LogP contribution in [-0.2, 0) is 11.2 Å². The number of nitrogens with one attached hydrogen (secondary N) is 1. The number of carbonyl (C=O) groups excluding carboxylic acids is 1. The molecule has 17 heavy (non-hydrogen) atoms. The Bertz CT molecular complexity index is 418. The molecule has 1 aromatic rings. The molecule has 1 saturated carbocycles. The largest absolute Gasteiger partial charge is 0.355 e. The average Bonchev–Trinajstić information content (AvgIpc) is 3.10. The van der Waals surface area contributed by atoms with Crippen molar-refractivity contribution in [3.05, 3.63) is 35.6 Å². The summed E-state index contributed by atoms with van der Waals surface area (Å²) in [6.45, 7) is 0.601. The molecule has 1 N–H and O–H groups in total. The lowest BCUT2D eigenvalue weighted by Gasteiger charge is -2.12. The van der Waals surface area contributed by atoms with Crippen LogP contribution in [0, 0.1) is 11.2 Å². The summed E-state index contributed by atoms with van der Waals surface area (Å²) >= 11 is 5.81. The van der Waals surface area contributed by atoms with Crippen molar-refractivity contribution in [1.82, 2.24) is 5.32 Å². The van der Waals surface area contributed by atoms with Crippen LogP contribution in [0.15, 0.2) is 24.3 Å². The zero-order chi connectivity index (χ0) is 12.3. The molecule has 0 radical (unpaired) electrons. The molecule has 0 saturated heterocycles. The second-order valence-corrected chi connectivity index (χ2v) is 4.95. The van der Waals surface area contributed by atoms with Crippen molar-refractivity contribution in [3.63, 3.8) is 0 Å². The maximum Gasteiger partial charge on any atom is 0.224 e. The summed E-state index contributed by atoms with van der Waals surface area (Å²) in [5.41, 5.74) is 0.535. The number of hydrogen-bond donors (Lipinski definition) is 1. The van der Waals surface area contributed by atoms with Gasteiger partial charge in [0.05, 0.1) is 6.42 Å². The summed E-state index contributed by atoms with van der Waals surface area (Å²) in [5.74, 6) is 0.0973. The molecule has 1 aromatic carbocycles. The SMILES string of the molecule is O=C(Cc1ccccc1F)NCC1(CCl)CC1. The molecule has 0 bridgehead atoms. The Balaban J connectivity index is 1.83. The van der Waals surface area contributed by atoms with Gasteiger partial charge in [0.2, 0.25) is 5.91 Å². The topological polar surface area (TPSA) is 29.1 Å². The van der Waals surface area contributed by atoms with Crippen molar-refractivity contribution < 1.29 is 9.18 Å². The number of carbonyl (C=O) groups is 1. The maximum absolute atomic E-state index is 13.3. The van der Waals surface area contributed by atoms with Gasteiger partial charge in [-0.05, 0) is 24.5 Å². The molecular formula is C13H15ClFNO. The molecule has 0 heterocycles. The van der Waals surface area contributed by atoms with Crippen LogP contribution in [0.3, 0.4) is 0 Å². The van der Waals surface area contributed by atoms with Crippen LogP contribution in [0.25, 0.3) is 0 Å². The molecule has 0 unspecified atom stereocenters. The van der Waals surface area contributed by atoms with Crippen molar-refractivity contribution in [2.24, 2.45) is 5.41 Å². The van der Waals surface area contributed by atoms with Gasteiger partial charge in [-0.1, -0.05) is 18.2 Å². The molecule has 92 valence electrons. The van der Waals surface area contributed by atoms with E-state index < -0.39 is 0 Å². The number of amides is 1. The van der Waals surface area contributed by atoms with Gasteiger partial charge in [-0.3, -0.25) is 4.79 Å². The number of alkyl halides is 1. The summed E-state index contributed by atoms with van der Waals surface area (Å²) in [6.07, 6.45) is 2.22. The minimum absolute atomic E-state index is 0.0883. The average molecular weight is 256 g/mol. The smallest absolute Gasteiger partial charge is 0.224 e. The molecule has 2 rings (SSSR count). The highest BCUT2D eigenvalue weighted by Crippen LogP contribution is 2.45. The molecule has 0 aliphatic heterocycles. The Labute approximate surface area is 105 Å². The van der Waals surface area contributed by atoms with E-state index in [1.54, 1.807) is 18.2 Å². The lowest BCUT2D eigenvalue weighted by atomic mass is 10.1. The van der Waals surface area contributed by atoms with E-state index in [0.717, 1.165) is 12.8 Å². The number of rotatable bonds is 5. The Morgan fingerprint density at radius 2 is 2.12 bits per heavy atom. The second-order valence-electron chi connectivity index (χ2n) is 4.68. The van der Waals surface area contributed by atoms with E-state index in [-0.39, 0.29) is 23.6 Å². The first-order chi connectivity index (χ1) is 8.15. The second kappa shape index (κ2) is 5.05. The van der Waals surface area contributed by atoms with Gasteiger partial charge < -0.3 is 5.32 Å². The van der Waals surface area contributed by atoms with Crippen molar-refractivity contribution in [2.75, 3.05) is 12.4 Å². The van der Waals surface area contributed by atoms with E-state index in [9.17, 15) is 9.18 Å². The predicted octanol–water partition coefficient (Wildman–Crippen LogP) is 2.50. The molecular weight excluding hydrogens is 241 g/mol. The molecule has 0 spiro atoms. The van der Waals surface area contributed by atoms with Crippen molar-refractivity contribution in [1.29, 1.82) is 0 Å². The van der Waals surface area contributed by atoms with Crippen LogP contribution in [0.1, 0.15) is 18.4 Å². The third-order valence-electron chi connectivity index (χ3n) is 3.21. The fourth-order valence-electron chi connectivity index (χ4n) is 1.70. The zero-order valence-electron chi connectivity index (χ0n) is 9.51. The van der Waals surface area contributed by atoms with Crippen LogP contribution in [0.4, 0.5) is 4.39 Å². The van der Waals surface area contributed by atoms with E-state index in [1.165, 1.54) is 6.07 Å². The molecule has 4 heteroatoms. The fraction of sp³-hybridized carbons (Fsp3) is 0.462. The standard InChI is InChI=1S/C13H15ClFNO/c14-8-13(5-6-13)9-16-12(17)7-10-3-1-2-4-11(10)15/h1-4H,5-9H2,(H,16,17). The van der Waals surface area contributed by atoms with Gasteiger partial charge in [0.25, 0.3) is 0 Å². The minimum Gasteiger partial charge on any atom is -0.355 e. The van der Waals surface area contributed by atoms with Crippen molar-refractivity contribution >= 4 is 17.5 Å². The zero-order valence-corrected chi connectivity index (χ0v) is 10.3. The third kappa shape index (κ3) is 3.19. The van der Waals surface area contributed by atoms with Gasteiger partial charge >= 0.3 is 0 Å². The monoisotopic (exact) mass is 255 g/mol. The third-order valence-corrected chi connectivity index (χ3v) is 3.78. The summed E-state index contributed by atoms with van der Waals surface area (Å²) in [7, 11) is 0. The highest BCUT2D eigenvalue weighted by molar-refractivity contribution is 6.18. The summed E-state index contributed by atoms with van der Waals surface area (Å²) in [4.78, 5) is 11.6. The molecule has 0 aromatic heterocycles. The quantitative estimate of drug-likeness (QED) is 0.805. The number of halogens is 2. The van der Waals surface area contributed by atoms with E-state index >= 15 is 0 Å². The Kier molecular flexibility index (Phi) is 3.67. The Hall–Kier alpha value is -1.09. The highest BCUT2D eigenvalue weighted by Gasteiger charge is 2.41. The molecule has 2 nitrogen and oxygen atoms in total. The van der Waals surface area contributed by atoms with Crippen LogP contribution in [-0.4, -0.2) is 18.3 Å². The van der Waals surface area contributed by atoms with Gasteiger partial charge in [0.1, 0.15) is 5.82 Å². The number of hydrogen-bond acceptors (Lipinski definition) is 1. The van der Waals surface area contributed by atoms with Crippen LogP contribution in [0.5, 0.6) is 0 Å². The van der Waals surface area contributed by atoms with E-state index in [0.29, 0.717) is 18.0 Å². The van der Waals surface area contributed by atoms with Gasteiger partial charge in [-0.15, -0.1) is 11.6 Å². The van der Waals surface area contributed by atoms with Crippen LogP contribution < -0.4 is 5.32 Å². The van der Waals surface area contributed by atoms with Gasteiger partial charge in [-0.2, -0.15) is 0 Å². The van der Waals surface area contributed by atoms with Crippen LogP contribution in [0.2, 0.25) is 0 Å². The Morgan fingerprint density at radius 3 is 2.71 bits per heavy atom. The molecule has 1 amide bonds. The van der Waals surface area contributed by atoms with Crippen molar-refractivity contribution in [2.45, 2.75) is 19.3 Å². The molecule has 1 aliphatic rings. The Morgan fingerprint density at radius 1 is 1.41 bits per heavy atom. The van der Waals surface area contributed by atoms with Crippen LogP contribution >= 0.6 is 11.6 Å². The first-order valence-electron chi connectivity index (χ1n) is 5.71. The fourth-order valence-corrected chi connectivity index (χ4v) is 2.06. The van der Waals surface area contributed by atoms with E-state index in [2.05, 4.69) is 5.32 Å². The van der Waals surface area contributed by atoms with Gasteiger partial charge in [-0.25, -0.2) is 4.39 Å². The number of benzene rings is 1. The first kappa shape index (κ1) is 12.4. The lowest BCUT2D eigenvalue weighted by Crippen LogP contribution is -2.32. The molecule has 0 atom stereocenters. The maximum atomic E-state index is 13.3. The predicted molar refractivity (Wildman–Crippen MR) is 65.5 cm³/mol. The summed E-state index contributed by atoms with van der Waals surface area (Å²) < 4.78 is 13.3. The van der Waals surface area contributed by atoms with Gasteiger partial charge in [0.15, 0.2) is 0 Å². The van der Waals surface area contributed by atoms with E-state index in [1.807, 2.05) is 0 Å². The lowest BCUT2D eigenvalue weighted by molar-refractivity contribution is -0.120. The minimum atomic E-state index is -0.332. The summed E-state index contributed by atoms with van der Waals surface area (Å²) in [6, 6.07) is 6.34. The first-order valence-corrected chi connectivity index (χ1v) is 6.25. The summed E-state index contributed by atoms with van der Waals surface area (Å²) in [5, 5.41) is 2.82. The normalized spacial score (nSPS) is 16.6. The van der Waals surface area contributed by atoms with Gasteiger partial charge in [0, 0.05) is 17.8 Å².